The maximum absolute atomic E-state index is 5.87. The summed E-state index contributed by atoms with van der Waals surface area (Å²) in [5.41, 5.74) is 1.90. The Morgan fingerprint density at radius 1 is 0.727 bits per heavy atom. The van der Waals surface area contributed by atoms with Crippen molar-refractivity contribution in [1.82, 2.24) is 10.6 Å². The van der Waals surface area contributed by atoms with Crippen molar-refractivity contribution in [1.29, 1.82) is 0 Å². The molecular formula is C23H30Cl2N4O4. The van der Waals surface area contributed by atoms with Crippen LogP contribution in [0.2, 0.25) is 0 Å². The fraction of sp³-hybridized carbons (Fsp3) is 0.391. The van der Waals surface area contributed by atoms with Crippen LogP contribution in [0.4, 0.5) is 0 Å². The lowest BCUT2D eigenvalue weighted by Crippen LogP contribution is -2.20. The smallest absolute Gasteiger partial charge is 0.133 e. The van der Waals surface area contributed by atoms with Gasteiger partial charge in [0.05, 0.1) is 51.6 Å². The van der Waals surface area contributed by atoms with Crippen LogP contribution in [0.1, 0.15) is 17.5 Å². The fourth-order valence-corrected chi connectivity index (χ4v) is 3.51. The topological polar surface area (TPSA) is 85.7 Å². The fourth-order valence-electron chi connectivity index (χ4n) is 3.51. The quantitative estimate of drug-likeness (QED) is 0.491. The van der Waals surface area contributed by atoms with Crippen molar-refractivity contribution in [2.75, 3.05) is 53.6 Å². The molecule has 2 aliphatic rings. The number of methoxy groups -OCH3 is 2. The second-order valence-electron chi connectivity index (χ2n) is 7.09. The Kier molecular flexibility index (Phi) is 10.4. The van der Waals surface area contributed by atoms with Crippen molar-refractivity contribution < 1.29 is 18.9 Å². The Morgan fingerprint density at radius 2 is 1.18 bits per heavy atom. The van der Waals surface area contributed by atoms with Gasteiger partial charge in [-0.1, -0.05) is 0 Å². The van der Waals surface area contributed by atoms with Gasteiger partial charge in [-0.3, -0.25) is 9.98 Å². The molecule has 0 atom stereocenters. The van der Waals surface area contributed by atoms with E-state index < -0.39 is 0 Å². The minimum Gasteiger partial charge on any atom is -0.496 e. The van der Waals surface area contributed by atoms with E-state index in [0.29, 0.717) is 13.2 Å². The molecule has 0 unspecified atom stereocenters. The van der Waals surface area contributed by atoms with Gasteiger partial charge in [-0.15, -0.1) is 24.8 Å². The molecule has 0 amide bonds. The third-order valence-corrected chi connectivity index (χ3v) is 5.03. The van der Waals surface area contributed by atoms with Crippen molar-refractivity contribution in [3.05, 3.63) is 47.5 Å². The van der Waals surface area contributed by atoms with Crippen LogP contribution in [0.25, 0.3) is 0 Å². The molecule has 2 aliphatic heterocycles. The molecule has 2 heterocycles. The molecule has 180 valence electrons. The molecule has 0 spiro atoms. The SMILES string of the molecule is COc1cc(OCCCOc2ccc(C3=NCCN3)c(OC)c2)ccc1C1=NCCN1.Cl.Cl. The first-order chi connectivity index (χ1) is 15.3. The second-order valence-corrected chi connectivity index (χ2v) is 7.09. The van der Waals surface area contributed by atoms with Gasteiger partial charge in [-0.25, -0.2) is 0 Å². The number of hydrogen-bond acceptors (Lipinski definition) is 8. The van der Waals surface area contributed by atoms with E-state index in [1.807, 2.05) is 36.4 Å². The molecule has 4 rings (SSSR count). The van der Waals surface area contributed by atoms with Gasteiger partial charge in [0, 0.05) is 31.6 Å². The normalized spacial score (nSPS) is 14.0. The molecule has 0 saturated heterocycles. The van der Waals surface area contributed by atoms with E-state index in [0.717, 1.165) is 78.4 Å². The van der Waals surface area contributed by atoms with Crippen LogP contribution >= 0.6 is 24.8 Å². The number of rotatable bonds is 10. The number of benzene rings is 2. The van der Waals surface area contributed by atoms with Gasteiger partial charge in [-0.2, -0.15) is 0 Å². The van der Waals surface area contributed by atoms with Crippen LogP contribution in [0, 0.1) is 0 Å². The minimum atomic E-state index is 0. The van der Waals surface area contributed by atoms with Crippen LogP contribution in [0.5, 0.6) is 23.0 Å². The van der Waals surface area contributed by atoms with Crippen LogP contribution < -0.4 is 29.6 Å². The van der Waals surface area contributed by atoms with Crippen LogP contribution in [-0.2, 0) is 0 Å². The summed E-state index contributed by atoms with van der Waals surface area (Å²) in [6, 6.07) is 11.6. The summed E-state index contributed by atoms with van der Waals surface area (Å²) in [5.74, 6) is 4.75. The first-order valence-electron chi connectivity index (χ1n) is 10.5. The molecule has 2 aromatic carbocycles. The number of halogens is 2. The highest BCUT2D eigenvalue weighted by Gasteiger charge is 2.15. The molecule has 0 bridgehead atoms. The summed E-state index contributed by atoms with van der Waals surface area (Å²) in [6.45, 7) is 4.37. The van der Waals surface area contributed by atoms with Gasteiger partial charge in [-0.05, 0) is 24.3 Å². The molecule has 10 heteroatoms. The van der Waals surface area contributed by atoms with E-state index in [9.17, 15) is 0 Å². The lowest BCUT2D eigenvalue weighted by Gasteiger charge is -2.13. The van der Waals surface area contributed by atoms with Gasteiger partial charge in [0.25, 0.3) is 0 Å². The Balaban J connectivity index is 0.00000193. The molecule has 2 N–H and O–H groups in total. The number of nitrogens with zero attached hydrogens (tertiary/aromatic N) is 2. The first-order valence-corrected chi connectivity index (χ1v) is 10.5. The van der Waals surface area contributed by atoms with Crippen LogP contribution in [0.15, 0.2) is 46.4 Å². The molecule has 0 saturated carbocycles. The number of ether oxygens (including phenoxy) is 4. The lowest BCUT2D eigenvalue weighted by atomic mass is 10.1. The van der Waals surface area contributed by atoms with E-state index >= 15 is 0 Å². The molecule has 0 radical (unpaired) electrons. The van der Waals surface area contributed by atoms with Crippen molar-refractivity contribution in [3.63, 3.8) is 0 Å². The van der Waals surface area contributed by atoms with Gasteiger partial charge in [0.15, 0.2) is 0 Å². The summed E-state index contributed by atoms with van der Waals surface area (Å²) in [7, 11) is 3.31. The Bertz CT molecular complexity index is 907. The average molecular weight is 497 g/mol. The molecule has 0 fully saturated rings. The number of hydrogen-bond donors (Lipinski definition) is 2. The predicted molar refractivity (Wildman–Crippen MR) is 135 cm³/mol. The zero-order chi connectivity index (χ0) is 21.5. The van der Waals surface area contributed by atoms with Crippen LogP contribution in [0.3, 0.4) is 0 Å². The zero-order valence-electron chi connectivity index (χ0n) is 18.8. The van der Waals surface area contributed by atoms with Gasteiger partial charge in [0.2, 0.25) is 0 Å². The third kappa shape index (κ3) is 6.58. The monoisotopic (exact) mass is 496 g/mol. The highest BCUT2D eigenvalue weighted by atomic mass is 35.5. The lowest BCUT2D eigenvalue weighted by molar-refractivity contribution is 0.246. The van der Waals surface area contributed by atoms with E-state index in [2.05, 4.69) is 20.6 Å². The predicted octanol–water partition coefficient (Wildman–Crippen LogP) is 3.09. The van der Waals surface area contributed by atoms with Gasteiger partial charge >= 0.3 is 0 Å². The zero-order valence-corrected chi connectivity index (χ0v) is 20.4. The second kappa shape index (κ2) is 13.0. The molecule has 0 aliphatic carbocycles. The Labute approximate surface area is 206 Å². The highest BCUT2D eigenvalue weighted by Crippen LogP contribution is 2.27. The summed E-state index contributed by atoms with van der Waals surface area (Å²) in [6.07, 6.45) is 0.747. The maximum Gasteiger partial charge on any atom is 0.133 e. The third-order valence-electron chi connectivity index (χ3n) is 5.03. The molecule has 8 nitrogen and oxygen atoms in total. The van der Waals surface area contributed by atoms with E-state index in [1.165, 1.54) is 0 Å². The molecule has 33 heavy (non-hydrogen) atoms. The standard InChI is InChI=1S/C23H28N4O4.2ClH/c1-28-20-14-16(4-6-18(20)22-24-8-9-25-22)30-12-3-13-31-17-5-7-19(21(15-17)29-2)23-26-10-11-27-23;;/h4-7,14-15H,3,8-13H2,1-2H3,(H,24,25)(H,26,27);2*1H. The summed E-state index contributed by atoms with van der Waals surface area (Å²) in [5, 5.41) is 6.53. The van der Waals surface area contributed by atoms with Crippen LogP contribution in [-0.4, -0.2) is 65.3 Å². The first kappa shape index (κ1) is 26.4. The minimum absolute atomic E-state index is 0. The summed E-state index contributed by atoms with van der Waals surface area (Å²) >= 11 is 0. The van der Waals surface area contributed by atoms with Crippen molar-refractivity contribution in [2.45, 2.75) is 6.42 Å². The largest absolute Gasteiger partial charge is 0.496 e. The van der Waals surface area contributed by atoms with Gasteiger partial charge < -0.3 is 29.6 Å². The molecular weight excluding hydrogens is 467 g/mol. The van der Waals surface area contributed by atoms with Gasteiger partial charge in [0.1, 0.15) is 34.7 Å². The molecule has 0 aromatic heterocycles. The van der Waals surface area contributed by atoms with Crippen molar-refractivity contribution in [2.24, 2.45) is 9.98 Å². The van der Waals surface area contributed by atoms with Crippen molar-refractivity contribution in [3.8, 4) is 23.0 Å². The maximum atomic E-state index is 5.87. The van der Waals surface area contributed by atoms with E-state index in [1.54, 1.807) is 14.2 Å². The summed E-state index contributed by atoms with van der Waals surface area (Å²) < 4.78 is 22.7. The number of nitrogens with one attached hydrogen (secondary N) is 2. The Hall–Kier alpha value is -2.84. The van der Waals surface area contributed by atoms with E-state index in [-0.39, 0.29) is 24.8 Å². The average Bonchev–Trinajstić information content (AvgIpc) is 3.53. The highest BCUT2D eigenvalue weighted by molar-refractivity contribution is 6.02. The summed E-state index contributed by atoms with van der Waals surface area (Å²) in [4.78, 5) is 8.90. The number of amidine groups is 2. The number of aliphatic imine (C=N–C) groups is 2. The van der Waals surface area contributed by atoms with Crippen molar-refractivity contribution >= 4 is 36.5 Å². The molecule has 2 aromatic rings. The van der Waals surface area contributed by atoms with E-state index in [4.69, 9.17) is 18.9 Å². The Morgan fingerprint density at radius 3 is 1.55 bits per heavy atom.